The van der Waals surface area contributed by atoms with Gasteiger partial charge in [-0.1, -0.05) is 12.1 Å². The Kier molecular flexibility index (Phi) is 6.06. The summed E-state index contributed by atoms with van der Waals surface area (Å²) in [6.45, 7) is 1.10. The number of carbonyl (C=O) groups excluding carboxylic acids is 1. The highest BCUT2D eigenvalue weighted by Crippen LogP contribution is 2.13. The zero-order chi connectivity index (χ0) is 12.5. The first-order valence-corrected chi connectivity index (χ1v) is 5.46. The van der Waals surface area contributed by atoms with Crippen LogP contribution in [-0.4, -0.2) is 26.2 Å². The predicted molar refractivity (Wildman–Crippen MR) is 64.5 cm³/mol. The Morgan fingerprint density at radius 3 is 2.59 bits per heavy atom. The fourth-order valence-electron chi connectivity index (χ4n) is 1.33. The molecule has 0 unspecified atom stereocenters. The van der Waals surface area contributed by atoms with Crippen LogP contribution in [0.25, 0.3) is 0 Å². The van der Waals surface area contributed by atoms with Crippen molar-refractivity contribution >= 4 is 5.91 Å². The minimum absolute atomic E-state index is 0.162. The maximum atomic E-state index is 11.0. The Balaban J connectivity index is 2.36. The van der Waals surface area contributed by atoms with Crippen LogP contribution in [-0.2, 0) is 16.0 Å². The molecule has 1 aromatic carbocycles. The highest BCUT2D eigenvalue weighted by molar-refractivity contribution is 5.75. The molecule has 0 atom stereocenters. The van der Waals surface area contributed by atoms with Crippen LogP contribution in [0.3, 0.4) is 0 Å². The molecule has 94 valence electrons. The van der Waals surface area contributed by atoms with Crippen LogP contribution in [0.2, 0.25) is 0 Å². The molecule has 0 aliphatic heterocycles. The van der Waals surface area contributed by atoms with Gasteiger partial charge in [-0.25, -0.2) is 5.84 Å². The van der Waals surface area contributed by atoms with E-state index in [9.17, 15) is 4.79 Å². The molecule has 0 aliphatic rings. The second-order valence-electron chi connectivity index (χ2n) is 3.55. The fourth-order valence-corrected chi connectivity index (χ4v) is 1.33. The predicted octanol–water partition coefficient (Wildman–Crippen LogP) is 0.634. The number of methoxy groups -OCH3 is 1. The summed E-state index contributed by atoms with van der Waals surface area (Å²) in [7, 11) is 1.63. The van der Waals surface area contributed by atoms with Gasteiger partial charge >= 0.3 is 0 Å². The van der Waals surface area contributed by atoms with Crippen molar-refractivity contribution in [3.63, 3.8) is 0 Å². The number of nitrogens with two attached hydrogens (primary N) is 1. The van der Waals surface area contributed by atoms with Crippen LogP contribution in [0.5, 0.6) is 5.75 Å². The molecule has 1 rings (SSSR count). The zero-order valence-corrected chi connectivity index (χ0v) is 9.94. The summed E-state index contributed by atoms with van der Waals surface area (Å²) in [5.41, 5.74) is 3.18. The average molecular weight is 238 g/mol. The minimum Gasteiger partial charge on any atom is -0.491 e. The summed E-state index contributed by atoms with van der Waals surface area (Å²) < 4.78 is 10.3. The van der Waals surface area contributed by atoms with Gasteiger partial charge in [0.1, 0.15) is 12.4 Å². The highest BCUT2D eigenvalue weighted by atomic mass is 16.5. The molecule has 0 bridgehead atoms. The molecule has 0 aliphatic carbocycles. The second kappa shape index (κ2) is 7.65. The molecule has 0 fully saturated rings. The van der Waals surface area contributed by atoms with Crippen LogP contribution < -0.4 is 16.0 Å². The van der Waals surface area contributed by atoms with E-state index in [1.165, 1.54) is 0 Å². The van der Waals surface area contributed by atoms with Crippen molar-refractivity contribution in [3.05, 3.63) is 29.8 Å². The number of rotatable bonds is 7. The van der Waals surface area contributed by atoms with Gasteiger partial charge in [0.2, 0.25) is 5.91 Å². The van der Waals surface area contributed by atoms with Gasteiger partial charge in [-0.15, -0.1) is 0 Å². The van der Waals surface area contributed by atoms with Gasteiger partial charge in [-0.2, -0.15) is 0 Å². The monoisotopic (exact) mass is 238 g/mol. The number of amides is 1. The van der Waals surface area contributed by atoms with Gasteiger partial charge < -0.3 is 9.47 Å². The van der Waals surface area contributed by atoms with Crippen LogP contribution in [0.15, 0.2) is 24.3 Å². The molecule has 0 saturated carbocycles. The molecule has 3 N–H and O–H groups in total. The van der Waals surface area contributed by atoms with E-state index in [0.717, 1.165) is 11.3 Å². The third-order valence-electron chi connectivity index (χ3n) is 2.28. The third-order valence-corrected chi connectivity index (χ3v) is 2.28. The van der Waals surface area contributed by atoms with E-state index in [1.807, 2.05) is 24.3 Å². The first-order valence-electron chi connectivity index (χ1n) is 5.46. The Hall–Kier alpha value is -1.59. The topological polar surface area (TPSA) is 73.6 Å². The van der Waals surface area contributed by atoms with Crippen LogP contribution >= 0.6 is 0 Å². The van der Waals surface area contributed by atoms with E-state index in [0.29, 0.717) is 26.1 Å². The molecular weight excluding hydrogens is 220 g/mol. The number of nitrogens with one attached hydrogen (secondary N) is 1. The standard InChI is InChI=1S/C12H18N2O3/c1-16-8-9-17-11-5-2-10(3-6-11)4-7-12(15)14-13/h2-3,5-6H,4,7-9,13H2,1H3,(H,14,15). The van der Waals surface area contributed by atoms with Crippen molar-refractivity contribution in [1.29, 1.82) is 0 Å². The Labute approximate surface area is 101 Å². The number of hydrogen-bond donors (Lipinski definition) is 2. The van der Waals surface area contributed by atoms with E-state index in [4.69, 9.17) is 15.3 Å². The summed E-state index contributed by atoms with van der Waals surface area (Å²) in [5.74, 6) is 5.64. The molecular formula is C12H18N2O3. The van der Waals surface area contributed by atoms with Gasteiger partial charge in [0, 0.05) is 13.5 Å². The van der Waals surface area contributed by atoms with Crippen LogP contribution in [0, 0.1) is 0 Å². The summed E-state index contributed by atoms with van der Waals surface area (Å²) in [4.78, 5) is 11.0. The maximum absolute atomic E-state index is 11.0. The van der Waals surface area contributed by atoms with E-state index in [-0.39, 0.29) is 5.91 Å². The smallest absolute Gasteiger partial charge is 0.234 e. The van der Waals surface area contributed by atoms with E-state index >= 15 is 0 Å². The number of ether oxygens (including phenoxy) is 2. The fraction of sp³-hybridized carbons (Fsp3) is 0.417. The molecule has 0 heterocycles. The first-order chi connectivity index (χ1) is 8.26. The molecule has 5 nitrogen and oxygen atoms in total. The lowest BCUT2D eigenvalue weighted by atomic mass is 10.1. The van der Waals surface area contributed by atoms with Crippen LogP contribution in [0.1, 0.15) is 12.0 Å². The maximum Gasteiger partial charge on any atom is 0.234 e. The quantitative estimate of drug-likeness (QED) is 0.316. The lowest BCUT2D eigenvalue weighted by Gasteiger charge is -2.06. The van der Waals surface area contributed by atoms with E-state index in [1.54, 1.807) is 7.11 Å². The molecule has 0 aromatic heterocycles. The Morgan fingerprint density at radius 1 is 1.29 bits per heavy atom. The Bertz CT molecular complexity index is 338. The zero-order valence-electron chi connectivity index (χ0n) is 9.94. The van der Waals surface area contributed by atoms with Gasteiger partial charge in [0.05, 0.1) is 6.61 Å². The number of aryl methyl sites for hydroxylation is 1. The van der Waals surface area contributed by atoms with E-state index < -0.39 is 0 Å². The lowest BCUT2D eigenvalue weighted by molar-refractivity contribution is -0.121. The molecule has 17 heavy (non-hydrogen) atoms. The SMILES string of the molecule is COCCOc1ccc(CCC(=O)NN)cc1. The van der Waals surface area contributed by atoms with Crippen molar-refractivity contribution in [1.82, 2.24) is 5.43 Å². The number of carbonyl (C=O) groups is 1. The van der Waals surface area contributed by atoms with Crippen molar-refractivity contribution in [3.8, 4) is 5.75 Å². The highest BCUT2D eigenvalue weighted by Gasteiger charge is 2.00. The van der Waals surface area contributed by atoms with Crippen molar-refractivity contribution in [2.24, 2.45) is 5.84 Å². The lowest BCUT2D eigenvalue weighted by Crippen LogP contribution is -2.30. The van der Waals surface area contributed by atoms with Gasteiger partial charge in [0.25, 0.3) is 0 Å². The van der Waals surface area contributed by atoms with Gasteiger partial charge in [-0.05, 0) is 24.1 Å². The number of benzene rings is 1. The van der Waals surface area contributed by atoms with Gasteiger partial charge in [-0.3, -0.25) is 10.2 Å². The van der Waals surface area contributed by atoms with Crippen molar-refractivity contribution in [2.45, 2.75) is 12.8 Å². The Morgan fingerprint density at radius 2 is 2.00 bits per heavy atom. The largest absolute Gasteiger partial charge is 0.491 e. The van der Waals surface area contributed by atoms with Gasteiger partial charge in [0.15, 0.2) is 0 Å². The normalized spacial score (nSPS) is 10.0. The molecule has 5 heteroatoms. The van der Waals surface area contributed by atoms with Crippen molar-refractivity contribution in [2.75, 3.05) is 20.3 Å². The number of hydrogen-bond acceptors (Lipinski definition) is 4. The van der Waals surface area contributed by atoms with Crippen molar-refractivity contribution < 1.29 is 14.3 Å². The molecule has 1 amide bonds. The summed E-state index contributed by atoms with van der Waals surface area (Å²) >= 11 is 0. The third kappa shape index (κ3) is 5.33. The second-order valence-corrected chi connectivity index (χ2v) is 3.55. The number of hydrazine groups is 1. The summed E-state index contributed by atoms with van der Waals surface area (Å²) in [6, 6.07) is 7.63. The van der Waals surface area contributed by atoms with Crippen LogP contribution in [0.4, 0.5) is 0 Å². The summed E-state index contributed by atoms with van der Waals surface area (Å²) in [6.07, 6.45) is 1.06. The molecule has 0 saturated heterocycles. The molecule has 1 aromatic rings. The first kappa shape index (κ1) is 13.5. The molecule has 0 radical (unpaired) electrons. The molecule has 0 spiro atoms. The minimum atomic E-state index is -0.162. The van der Waals surface area contributed by atoms with E-state index in [2.05, 4.69) is 5.43 Å². The average Bonchev–Trinajstić information content (AvgIpc) is 2.37. The summed E-state index contributed by atoms with van der Waals surface area (Å²) in [5, 5.41) is 0.